The SMILES string of the molecule is COc1ccccc1OC(=O)CNC(=O)c1ccc(F)c(F)c1. The first-order valence-electron chi connectivity index (χ1n) is 6.58. The maximum Gasteiger partial charge on any atom is 0.330 e. The lowest BCUT2D eigenvalue weighted by atomic mass is 10.2. The summed E-state index contributed by atoms with van der Waals surface area (Å²) in [7, 11) is 1.43. The van der Waals surface area contributed by atoms with E-state index >= 15 is 0 Å². The Labute approximate surface area is 130 Å². The minimum Gasteiger partial charge on any atom is -0.493 e. The van der Waals surface area contributed by atoms with Gasteiger partial charge < -0.3 is 14.8 Å². The van der Waals surface area contributed by atoms with Gasteiger partial charge in [-0.3, -0.25) is 4.79 Å². The lowest BCUT2D eigenvalue weighted by Gasteiger charge is -2.09. The molecule has 0 saturated heterocycles. The third-order valence-corrected chi connectivity index (χ3v) is 2.87. The van der Waals surface area contributed by atoms with Crippen molar-refractivity contribution in [1.29, 1.82) is 0 Å². The van der Waals surface area contributed by atoms with Crippen LogP contribution in [-0.2, 0) is 4.79 Å². The van der Waals surface area contributed by atoms with Crippen molar-refractivity contribution in [2.24, 2.45) is 0 Å². The van der Waals surface area contributed by atoms with Crippen molar-refractivity contribution in [3.63, 3.8) is 0 Å². The third kappa shape index (κ3) is 4.26. The lowest BCUT2D eigenvalue weighted by molar-refractivity contribution is -0.133. The van der Waals surface area contributed by atoms with Crippen LogP contribution in [0.4, 0.5) is 8.78 Å². The summed E-state index contributed by atoms with van der Waals surface area (Å²) in [4.78, 5) is 23.5. The number of benzene rings is 2. The molecule has 1 N–H and O–H groups in total. The molecule has 120 valence electrons. The van der Waals surface area contributed by atoms with E-state index in [1.165, 1.54) is 13.2 Å². The molecular weight excluding hydrogens is 308 g/mol. The van der Waals surface area contributed by atoms with Crippen molar-refractivity contribution in [1.82, 2.24) is 5.32 Å². The molecule has 0 saturated carbocycles. The second-order valence-corrected chi connectivity index (χ2v) is 4.44. The number of halogens is 2. The van der Waals surface area contributed by atoms with Crippen molar-refractivity contribution >= 4 is 11.9 Å². The molecule has 2 rings (SSSR count). The Bertz CT molecular complexity index is 734. The molecule has 23 heavy (non-hydrogen) atoms. The van der Waals surface area contributed by atoms with Crippen LogP contribution in [0, 0.1) is 11.6 Å². The molecule has 2 aromatic carbocycles. The molecule has 0 radical (unpaired) electrons. The van der Waals surface area contributed by atoms with Crippen LogP contribution in [-0.4, -0.2) is 25.5 Å². The Balaban J connectivity index is 1.93. The van der Waals surface area contributed by atoms with Crippen LogP contribution in [0.3, 0.4) is 0 Å². The maximum atomic E-state index is 13.0. The molecule has 0 unspecified atom stereocenters. The minimum absolute atomic E-state index is 0.103. The second kappa shape index (κ2) is 7.35. The summed E-state index contributed by atoms with van der Waals surface area (Å²) >= 11 is 0. The zero-order valence-corrected chi connectivity index (χ0v) is 12.1. The average Bonchev–Trinajstić information content (AvgIpc) is 2.55. The highest BCUT2D eigenvalue weighted by molar-refractivity contribution is 5.96. The highest BCUT2D eigenvalue weighted by atomic mass is 19.2. The molecule has 0 bridgehead atoms. The van der Waals surface area contributed by atoms with Crippen LogP contribution >= 0.6 is 0 Å². The van der Waals surface area contributed by atoms with Crippen LogP contribution in [0.1, 0.15) is 10.4 Å². The normalized spacial score (nSPS) is 10.0. The van der Waals surface area contributed by atoms with E-state index in [0.29, 0.717) is 5.75 Å². The van der Waals surface area contributed by atoms with Gasteiger partial charge in [0.15, 0.2) is 23.1 Å². The van der Waals surface area contributed by atoms with Crippen LogP contribution in [0.15, 0.2) is 42.5 Å². The number of esters is 1. The van der Waals surface area contributed by atoms with Crippen molar-refractivity contribution in [3.05, 3.63) is 59.7 Å². The van der Waals surface area contributed by atoms with Gasteiger partial charge in [0, 0.05) is 5.56 Å². The molecule has 0 heterocycles. The summed E-state index contributed by atoms with van der Waals surface area (Å²) in [6.07, 6.45) is 0. The first kappa shape index (κ1) is 16.4. The topological polar surface area (TPSA) is 64.6 Å². The fraction of sp³-hybridized carbons (Fsp3) is 0.125. The van der Waals surface area contributed by atoms with Crippen LogP contribution in [0.25, 0.3) is 0 Å². The molecule has 1 amide bonds. The molecule has 5 nitrogen and oxygen atoms in total. The van der Waals surface area contributed by atoms with Crippen LogP contribution in [0.5, 0.6) is 11.5 Å². The Morgan fingerprint density at radius 1 is 1.04 bits per heavy atom. The van der Waals surface area contributed by atoms with Gasteiger partial charge in [-0.15, -0.1) is 0 Å². The molecule has 0 aliphatic heterocycles. The third-order valence-electron chi connectivity index (χ3n) is 2.87. The molecule has 0 fully saturated rings. The van der Waals surface area contributed by atoms with Gasteiger partial charge >= 0.3 is 5.97 Å². The highest BCUT2D eigenvalue weighted by Crippen LogP contribution is 2.25. The van der Waals surface area contributed by atoms with Gasteiger partial charge in [-0.05, 0) is 30.3 Å². The number of ether oxygens (including phenoxy) is 2. The molecule has 0 aliphatic carbocycles. The predicted molar refractivity (Wildman–Crippen MR) is 77.3 cm³/mol. The summed E-state index contributed by atoms with van der Waals surface area (Å²) in [5.41, 5.74) is -0.103. The van der Waals surface area contributed by atoms with Crippen LogP contribution < -0.4 is 14.8 Å². The van der Waals surface area contributed by atoms with Crippen molar-refractivity contribution in [2.75, 3.05) is 13.7 Å². The van der Waals surface area contributed by atoms with E-state index in [9.17, 15) is 18.4 Å². The van der Waals surface area contributed by atoms with E-state index in [1.54, 1.807) is 18.2 Å². The largest absolute Gasteiger partial charge is 0.493 e. The van der Waals surface area contributed by atoms with Crippen molar-refractivity contribution in [3.8, 4) is 11.5 Å². The number of hydrogen-bond donors (Lipinski definition) is 1. The number of para-hydroxylation sites is 2. The number of rotatable bonds is 5. The number of hydrogen-bond acceptors (Lipinski definition) is 4. The number of carbonyl (C=O) groups excluding carboxylic acids is 2. The van der Waals surface area contributed by atoms with Crippen molar-refractivity contribution in [2.45, 2.75) is 0 Å². The van der Waals surface area contributed by atoms with E-state index in [-0.39, 0.29) is 11.3 Å². The maximum absolute atomic E-state index is 13.0. The van der Waals surface area contributed by atoms with Crippen molar-refractivity contribution < 1.29 is 27.8 Å². The van der Waals surface area contributed by atoms with E-state index in [2.05, 4.69) is 5.32 Å². The first-order valence-corrected chi connectivity index (χ1v) is 6.58. The fourth-order valence-electron chi connectivity index (χ4n) is 1.75. The second-order valence-electron chi connectivity index (χ2n) is 4.44. The quantitative estimate of drug-likeness (QED) is 0.678. The Morgan fingerprint density at radius 2 is 1.74 bits per heavy atom. The molecule has 0 aliphatic rings. The Morgan fingerprint density at radius 3 is 2.39 bits per heavy atom. The molecule has 2 aromatic rings. The van der Waals surface area contributed by atoms with Crippen LogP contribution in [0.2, 0.25) is 0 Å². The highest BCUT2D eigenvalue weighted by Gasteiger charge is 2.13. The molecule has 0 spiro atoms. The number of nitrogens with one attached hydrogen (secondary N) is 1. The monoisotopic (exact) mass is 321 g/mol. The van der Waals surface area contributed by atoms with E-state index in [0.717, 1.165) is 18.2 Å². The minimum atomic E-state index is -1.14. The van der Waals surface area contributed by atoms with Gasteiger partial charge in [0.25, 0.3) is 5.91 Å². The average molecular weight is 321 g/mol. The Kier molecular flexibility index (Phi) is 5.24. The van der Waals surface area contributed by atoms with Gasteiger partial charge in [-0.1, -0.05) is 12.1 Å². The Hall–Kier alpha value is -2.96. The molecule has 7 heteroatoms. The fourth-order valence-corrected chi connectivity index (χ4v) is 1.75. The van der Waals surface area contributed by atoms with Gasteiger partial charge in [0.1, 0.15) is 6.54 Å². The summed E-state index contributed by atoms with van der Waals surface area (Å²) < 4.78 is 35.9. The van der Waals surface area contributed by atoms with Gasteiger partial charge in [-0.2, -0.15) is 0 Å². The van der Waals surface area contributed by atoms with Gasteiger partial charge in [0.2, 0.25) is 0 Å². The van der Waals surface area contributed by atoms with Gasteiger partial charge in [0.05, 0.1) is 7.11 Å². The van der Waals surface area contributed by atoms with E-state index in [4.69, 9.17) is 9.47 Å². The zero-order valence-electron chi connectivity index (χ0n) is 12.1. The summed E-state index contributed by atoms with van der Waals surface area (Å²) in [5, 5.41) is 2.26. The molecular formula is C16H13F2NO4. The summed E-state index contributed by atoms with van der Waals surface area (Å²) in [6, 6.07) is 9.20. The zero-order chi connectivity index (χ0) is 16.8. The lowest BCUT2D eigenvalue weighted by Crippen LogP contribution is -2.32. The predicted octanol–water partition coefficient (Wildman–Crippen LogP) is 2.31. The van der Waals surface area contributed by atoms with E-state index in [1.807, 2.05) is 0 Å². The molecule has 0 aromatic heterocycles. The summed E-state index contributed by atoms with van der Waals surface area (Å²) in [6.45, 7) is -0.435. The number of carbonyl (C=O) groups is 2. The number of methoxy groups -OCH3 is 1. The molecule has 0 atom stereocenters. The van der Waals surface area contributed by atoms with E-state index < -0.39 is 30.1 Å². The smallest absolute Gasteiger partial charge is 0.330 e. The van der Waals surface area contributed by atoms with Gasteiger partial charge in [-0.25, -0.2) is 13.6 Å². The standard InChI is InChI=1S/C16H13F2NO4/c1-22-13-4-2-3-5-14(13)23-15(20)9-19-16(21)10-6-7-11(17)12(18)8-10/h2-8H,9H2,1H3,(H,19,21). The summed E-state index contributed by atoms with van der Waals surface area (Å²) in [5.74, 6) is -3.08. The first-order chi connectivity index (χ1) is 11.0. The number of amides is 1.